The zero-order chi connectivity index (χ0) is 22.1. The Morgan fingerprint density at radius 1 is 0.433 bits per heavy atom. The van der Waals surface area contributed by atoms with Crippen LogP contribution in [0.5, 0.6) is 0 Å². The predicted molar refractivity (Wildman–Crippen MR) is 124 cm³/mol. The minimum absolute atomic E-state index is 0.270. The molecular weight excluding hydrogens is 378 g/mol. The van der Waals surface area contributed by atoms with Crippen LogP contribution in [0.4, 0.5) is 0 Å². The van der Waals surface area contributed by atoms with Gasteiger partial charge in [-0.25, -0.2) is 5.48 Å². The second kappa shape index (κ2) is 24.2. The van der Waals surface area contributed by atoms with Crippen molar-refractivity contribution in [3.05, 3.63) is 0 Å². The first-order valence-electron chi connectivity index (χ1n) is 12.8. The number of amides is 1. The van der Waals surface area contributed by atoms with E-state index in [1.54, 1.807) is 5.48 Å². The van der Waals surface area contributed by atoms with Crippen LogP contribution < -0.4 is 5.48 Å². The molecule has 0 heterocycles. The van der Waals surface area contributed by atoms with Crippen LogP contribution in [0.1, 0.15) is 148 Å². The normalized spacial score (nSPS) is 11.0. The van der Waals surface area contributed by atoms with E-state index < -0.39 is 5.97 Å². The Morgan fingerprint density at radius 3 is 0.900 bits per heavy atom. The minimum atomic E-state index is -0.664. The third-order valence-electron chi connectivity index (χ3n) is 5.92. The molecule has 0 aliphatic rings. The van der Waals surface area contributed by atoms with Gasteiger partial charge >= 0.3 is 5.97 Å². The maximum atomic E-state index is 10.9. The molecule has 5 heteroatoms. The molecule has 0 aliphatic heterocycles. The number of hydrogen-bond donors (Lipinski definition) is 3. The Labute approximate surface area is 185 Å². The van der Waals surface area contributed by atoms with Gasteiger partial charge in [0.25, 0.3) is 0 Å². The summed E-state index contributed by atoms with van der Waals surface area (Å²) in [6.45, 7) is 0. The van der Waals surface area contributed by atoms with Crippen molar-refractivity contribution in [3.8, 4) is 0 Å². The molecule has 0 saturated heterocycles. The number of rotatable bonds is 24. The molecule has 0 aromatic heterocycles. The van der Waals surface area contributed by atoms with Crippen LogP contribution in [0, 0.1) is 0 Å². The van der Waals surface area contributed by atoms with Crippen molar-refractivity contribution in [2.24, 2.45) is 0 Å². The van der Waals surface area contributed by atoms with Gasteiger partial charge in [0.2, 0.25) is 5.91 Å². The zero-order valence-corrected chi connectivity index (χ0v) is 19.5. The van der Waals surface area contributed by atoms with Gasteiger partial charge in [-0.2, -0.15) is 0 Å². The summed E-state index contributed by atoms with van der Waals surface area (Å²) in [4.78, 5) is 21.3. The minimum Gasteiger partial charge on any atom is -0.481 e. The van der Waals surface area contributed by atoms with E-state index in [9.17, 15) is 9.59 Å². The van der Waals surface area contributed by atoms with Crippen LogP contribution >= 0.6 is 0 Å². The Balaban J connectivity index is 3.03. The number of carboxylic acids is 1. The van der Waals surface area contributed by atoms with Crippen LogP contribution in [0.25, 0.3) is 0 Å². The number of carbonyl (C=O) groups is 2. The van der Waals surface area contributed by atoms with Crippen LogP contribution in [-0.4, -0.2) is 22.2 Å². The van der Waals surface area contributed by atoms with E-state index in [1.165, 1.54) is 109 Å². The van der Waals surface area contributed by atoms with Crippen LogP contribution in [0.15, 0.2) is 0 Å². The van der Waals surface area contributed by atoms with E-state index in [2.05, 4.69) is 0 Å². The van der Waals surface area contributed by atoms with Crippen LogP contribution in [0.3, 0.4) is 0 Å². The average molecular weight is 428 g/mol. The van der Waals surface area contributed by atoms with Gasteiger partial charge in [-0.05, 0) is 12.8 Å². The summed E-state index contributed by atoms with van der Waals surface area (Å²) in [6.07, 6.45) is 27.3. The van der Waals surface area contributed by atoms with Crippen molar-refractivity contribution in [2.45, 2.75) is 148 Å². The van der Waals surface area contributed by atoms with E-state index >= 15 is 0 Å². The van der Waals surface area contributed by atoms with Gasteiger partial charge < -0.3 is 5.11 Å². The number of unbranched alkanes of at least 4 members (excludes halogenated alkanes) is 20. The molecule has 0 fully saturated rings. The molecule has 0 aliphatic carbocycles. The lowest BCUT2D eigenvalue weighted by Crippen LogP contribution is -2.17. The topological polar surface area (TPSA) is 86.6 Å². The van der Waals surface area contributed by atoms with Crippen molar-refractivity contribution in [2.75, 3.05) is 0 Å². The zero-order valence-electron chi connectivity index (χ0n) is 19.5. The van der Waals surface area contributed by atoms with E-state index in [1.807, 2.05) is 0 Å². The highest BCUT2D eigenvalue weighted by Gasteiger charge is 1.99. The molecule has 0 saturated carbocycles. The van der Waals surface area contributed by atoms with Crippen molar-refractivity contribution in [1.82, 2.24) is 5.48 Å². The van der Waals surface area contributed by atoms with Gasteiger partial charge in [-0.1, -0.05) is 122 Å². The van der Waals surface area contributed by atoms with Crippen molar-refractivity contribution < 1.29 is 19.9 Å². The summed E-state index contributed by atoms with van der Waals surface area (Å²) in [6, 6.07) is 0. The molecule has 0 aromatic rings. The molecule has 178 valence electrons. The molecule has 0 atom stereocenters. The number of aliphatic carboxylic acids is 1. The number of hydroxylamine groups is 1. The van der Waals surface area contributed by atoms with Crippen molar-refractivity contribution >= 4 is 11.9 Å². The molecule has 0 radical (unpaired) electrons. The molecule has 30 heavy (non-hydrogen) atoms. The molecule has 0 unspecified atom stereocenters. The maximum Gasteiger partial charge on any atom is 0.303 e. The highest BCUT2D eigenvalue weighted by atomic mass is 16.5. The quantitative estimate of drug-likeness (QED) is 0.0843. The molecule has 3 N–H and O–H groups in total. The SMILES string of the molecule is O=C(O)CCCCCCCCCCCCCCCCCCCCCCCC(=O)NO. The standard InChI is InChI=1S/C25H49NO4/c27-24(26-30)22-20-18-16-14-12-10-8-6-4-2-1-3-5-7-9-11-13-15-17-19-21-23-25(28)29/h30H,1-23H2,(H,26,27)(H,28,29). The Kier molecular flexibility index (Phi) is 23.3. The van der Waals surface area contributed by atoms with Crippen LogP contribution in [0.2, 0.25) is 0 Å². The molecule has 0 bridgehead atoms. The van der Waals surface area contributed by atoms with E-state index in [0.717, 1.165) is 25.7 Å². The summed E-state index contributed by atoms with van der Waals surface area (Å²) in [5, 5.41) is 17.0. The van der Waals surface area contributed by atoms with Gasteiger partial charge in [0, 0.05) is 12.8 Å². The number of hydrogen-bond acceptors (Lipinski definition) is 3. The van der Waals surface area contributed by atoms with E-state index in [4.69, 9.17) is 10.3 Å². The molecular formula is C25H49NO4. The largest absolute Gasteiger partial charge is 0.481 e. The fraction of sp³-hybridized carbons (Fsp3) is 0.920. The Bertz CT molecular complexity index is 387. The van der Waals surface area contributed by atoms with E-state index in [0.29, 0.717) is 12.8 Å². The second-order valence-electron chi connectivity index (χ2n) is 8.85. The second-order valence-corrected chi connectivity index (χ2v) is 8.85. The van der Waals surface area contributed by atoms with Crippen molar-refractivity contribution in [1.29, 1.82) is 0 Å². The molecule has 0 spiro atoms. The fourth-order valence-corrected chi connectivity index (χ4v) is 3.98. The molecule has 0 aromatic carbocycles. The summed E-state index contributed by atoms with van der Waals surface area (Å²) >= 11 is 0. The summed E-state index contributed by atoms with van der Waals surface area (Å²) < 4.78 is 0. The molecule has 5 nitrogen and oxygen atoms in total. The summed E-state index contributed by atoms with van der Waals surface area (Å²) in [7, 11) is 0. The molecule has 1 amide bonds. The van der Waals surface area contributed by atoms with E-state index in [-0.39, 0.29) is 5.91 Å². The first kappa shape index (κ1) is 28.9. The third-order valence-corrected chi connectivity index (χ3v) is 5.92. The lowest BCUT2D eigenvalue weighted by Gasteiger charge is -2.04. The summed E-state index contributed by atoms with van der Waals surface area (Å²) in [5.74, 6) is -0.934. The van der Waals surface area contributed by atoms with Gasteiger partial charge in [0.1, 0.15) is 0 Å². The Morgan fingerprint density at radius 2 is 0.667 bits per heavy atom. The van der Waals surface area contributed by atoms with Crippen molar-refractivity contribution in [3.63, 3.8) is 0 Å². The number of carbonyl (C=O) groups excluding carboxylic acids is 1. The lowest BCUT2D eigenvalue weighted by atomic mass is 10.0. The monoisotopic (exact) mass is 427 g/mol. The predicted octanol–water partition coefficient (Wildman–Crippen LogP) is 7.55. The average Bonchev–Trinajstić information content (AvgIpc) is 2.73. The van der Waals surface area contributed by atoms with Crippen LogP contribution in [-0.2, 0) is 9.59 Å². The number of carboxylic acid groups (broad SMARTS) is 1. The van der Waals surface area contributed by atoms with Gasteiger partial charge in [0.05, 0.1) is 0 Å². The fourth-order valence-electron chi connectivity index (χ4n) is 3.98. The third kappa shape index (κ3) is 24.9. The highest BCUT2D eigenvalue weighted by Crippen LogP contribution is 2.15. The maximum absolute atomic E-state index is 10.9. The lowest BCUT2D eigenvalue weighted by molar-refractivity contribution is -0.137. The first-order chi connectivity index (χ1) is 14.7. The van der Waals surface area contributed by atoms with Gasteiger partial charge in [-0.15, -0.1) is 0 Å². The first-order valence-corrected chi connectivity index (χ1v) is 12.8. The van der Waals surface area contributed by atoms with Gasteiger partial charge in [-0.3, -0.25) is 14.8 Å². The Hall–Kier alpha value is -1.10. The molecule has 0 rings (SSSR count). The number of nitrogens with one attached hydrogen (secondary N) is 1. The smallest absolute Gasteiger partial charge is 0.303 e. The highest BCUT2D eigenvalue weighted by molar-refractivity contribution is 5.74. The van der Waals surface area contributed by atoms with Gasteiger partial charge in [0.15, 0.2) is 0 Å². The summed E-state index contributed by atoms with van der Waals surface area (Å²) in [5.41, 5.74) is 1.68.